The van der Waals surface area contributed by atoms with E-state index in [1.54, 1.807) is 12.1 Å². The van der Waals surface area contributed by atoms with Crippen molar-refractivity contribution in [3.8, 4) is 0 Å². The van der Waals surface area contributed by atoms with Crippen molar-refractivity contribution in [2.24, 2.45) is 0 Å². The second-order valence-corrected chi connectivity index (χ2v) is 9.55. The summed E-state index contributed by atoms with van der Waals surface area (Å²) in [7, 11) is -3.73. The molecule has 0 spiro atoms. The van der Waals surface area contributed by atoms with Gasteiger partial charge in [-0.15, -0.1) is 0 Å². The van der Waals surface area contributed by atoms with E-state index in [1.807, 2.05) is 0 Å². The number of sulfone groups is 1. The van der Waals surface area contributed by atoms with Crippen molar-refractivity contribution in [1.29, 1.82) is 0 Å². The summed E-state index contributed by atoms with van der Waals surface area (Å²) in [6.45, 7) is 1.43. The maximum atomic E-state index is 12.0. The second kappa shape index (κ2) is 5.38. The second-order valence-electron chi connectivity index (χ2n) is 3.26. The fraction of sp³-hybridized carbons (Fsp3) is 0.300. The van der Waals surface area contributed by atoms with Crippen molar-refractivity contribution < 1.29 is 13.2 Å². The van der Waals surface area contributed by atoms with Crippen LogP contribution in [0.15, 0.2) is 28.7 Å². The van der Waals surface area contributed by atoms with Crippen LogP contribution in [0.4, 0.5) is 0 Å². The van der Waals surface area contributed by atoms with E-state index < -0.39 is 18.7 Å². The molecule has 1 atom stereocenters. The van der Waals surface area contributed by atoms with E-state index in [4.69, 9.17) is 11.6 Å². The zero-order valence-corrected chi connectivity index (χ0v) is 13.5. The van der Waals surface area contributed by atoms with Crippen LogP contribution in [0.2, 0.25) is 0 Å². The van der Waals surface area contributed by atoms with Crippen molar-refractivity contribution >= 4 is 59.1 Å². The molecule has 94 valence electrons. The summed E-state index contributed by atoms with van der Waals surface area (Å²) in [5.74, 6) is -0.905. The maximum Gasteiger partial charge on any atom is 0.261 e. The number of rotatable bonds is 4. The van der Waals surface area contributed by atoms with Crippen molar-refractivity contribution in [1.82, 2.24) is 0 Å². The first kappa shape index (κ1) is 15.1. The molecule has 7 heteroatoms. The number of carbonyl (C=O) groups is 1. The highest BCUT2D eigenvalue weighted by Gasteiger charge is 2.45. The lowest BCUT2D eigenvalue weighted by atomic mass is 10.1. The highest BCUT2D eigenvalue weighted by Crippen LogP contribution is 2.35. The normalized spacial score (nSPS) is 15.3. The Kier molecular flexibility index (Phi) is 4.80. The van der Waals surface area contributed by atoms with Crippen molar-refractivity contribution in [2.75, 3.05) is 5.75 Å². The Morgan fingerprint density at radius 1 is 1.35 bits per heavy atom. The van der Waals surface area contributed by atoms with E-state index in [0.717, 1.165) is 4.47 Å². The molecule has 0 aliphatic heterocycles. The average Bonchev–Trinajstić information content (AvgIpc) is 2.28. The monoisotopic (exact) mass is 402 g/mol. The molecule has 17 heavy (non-hydrogen) atoms. The Morgan fingerprint density at radius 3 is 2.24 bits per heavy atom. The number of halogens is 3. The van der Waals surface area contributed by atoms with E-state index in [1.165, 1.54) is 19.1 Å². The summed E-state index contributed by atoms with van der Waals surface area (Å²) in [4.78, 5) is 12.0. The Labute approximate surface area is 122 Å². The highest BCUT2D eigenvalue weighted by atomic mass is 79.9. The molecule has 1 aromatic carbocycles. The van der Waals surface area contributed by atoms with Crippen LogP contribution >= 0.6 is 43.5 Å². The molecule has 1 unspecified atom stereocenters. The maximum absolute atomic E-state index is 12.0. The smallest absolute Gasteiger partial charge is 0.261 e. The molecule has 0 fully saturated rings. The van der Waals surface area contributed by atoms with Gasteiger partial charge >= 0.3 is 0 Å². The van der Waals surface area contributed by atoms with Crippen LogP contribution in [0.3, 0.4) is 0 Å². The predicted molar refractivity (Wildman–Crippen MR) is 75.4 cm³/mol. The third kappa shape index (κ3) is 3.10. The minimum absolute atomic E-state index is 0.218. The zero-order chi connectivity index (χ0) is 13.3. The van der Waals surface area contributed by atoms with E-state index >= 15 is 0 Å². The summed E-state index contributed by atoms with van der Waals surface area (Å²) in [6, 6.07) is 6.31. The van der Waals surface area contributed by atoms with Crippen LogP contribution in [0.1, 0.15) is 17.3 Å². The SMILES string of the molecule is CCS(=O)(=O)C(Cl)(Br)C(=O)c1ccc(Br)cc1. The minimum atomic E-state index is -3.73. The lowest BCUT2D eigenvalue weighted by Crippen LogP contribution is -2.36. The van der Waals surface area contributed by atoms with Crippen LogP contribution in [-0.4, -0.2) is 23.1 Å². The van der Waals surface area contributed by atoms with Gasteiger partial charge in [-0.05, 0) is 28.1 Å². The molecular weight excluding hydrogens is 395 g/mol. The lowest BCUT2D eigenvalue weighted by Gasteiger charge is -2.18. The molecule has 0 saturated heterocycles. The summed E-state index contributed by atoms with van der Waals surface area (Å²) in [5, 5.41) is 0. The first-order chi connectivity index (χ1) is 7.72. The molecule has 0 N–H and O–H groups in total. The van der Waals surface area contributed by atoms with Gasteiger partial charge in [-0.3, -0.25) is 4.79 Å². The van der Waals surface area contributed by atoms with Crippen molar-refractivity contribution in [2.45, 2.75) is 10.0 Å². The Morgan fingerprint density at radius 2 is 1.82 bits per heavy atom. The van der Waals surface area contributed by atoms with Crippen LogP contribution in [0.25, 0.3) is 0 Å². The molecule has 0 heterocycles. The third-order valence-corrected chi connectivity index (χ3v) is 7.11. The van der Waals surface area contributed by atoms with Gasteiger partial charge in [0.2, 0.25) is 5.78 Å². The van der Waals surface area contributed by atoms with Crippen molar-refractivity contribution in [3.63, 3.8) is 0 Å². The van der Waals surface area contributed by atoms with Gasteiger partial charge in [0.25, 0.3) is 3.12 Å². The largest absolute Gasteiger partial charge is 0.290 e. The molecule has 0 aliphatic rings. The van der Waals surface area contributed by atoms with Crippen molar-refractivity contribution in [3.05, 3.63) is 34.3 Å². The van der Waals surface area contributed by atoms with E-state index in [9.17, 15) is 13.2 Å². The minimum Gasteiger partial charge on any atom is -0.290 e. The molecule has 1 rings (SSSR count). The number of hydrogen-bond acceptors (Lipinski definition) is 3. The zero-order valence-electron chi connectivity index (χ0n) is 8.78. The molecule has 0 aliphatic carbocycles. The van der Waals surface area contributed by atoms with Gasteiger partial charge in [0, 0.05) is 10.0 Å². The fourth-order valence-electron chi connectivity index (χ4n) is 1.09. The topological polar surface area (TPSA) is 51.2 Å². The molecule has 0 bridgehead atoms. The number of alkyl halides is 2. The summed E-state index contributed by atoms with van der Waals surface area (Å²) in [6.07, 6.45) is 0. The number of carbonyl (C=O) groups excluding carboxylic acids is 1. The molecule has 1 aromatic rings. The summed E-state index contributed by atoms with van der Waals surface area (Å²) < 4.78 is 22.1. The van der Waals surface area contributed by atoms with E-state index in [2.05, 4.69) is 31.9 Å². The van der Waals surface area contributed by atoms with Crippen LogP contribution in [-0.2, 0) is 9.84 Å². The van der Waals surface area contributed by atoms with Crippen LogP contribution in [0, 0.1) is 0 Å². The molecule has 0 aromatic heterocycles. The number of Topliss-reactive ketones (excluding diaryl/α,β-unsaturated/α-hetero) is 1. The first-order valence-electron chi connectivity index (χ1n) is 4.63. The Bertz CT molecular complexity index is 523. The summed E-state index contributed by atoms with van der Waals surface area (Å²) in [5.41, 5.74) is 0.233. The van der Waals surface area contributed by atoms with Gasteiger partial charge in [0.05, 0.1) is 5.75 Å². The predicted octanol–water partition coefficient (Wildman–Crippen LogP) is 3.35. The summed E-state index contributed by atoms with van der Waals surface area (Å²) >= 11 is 11.8. The van der Waals surface area contributed by atoms with Gasteiger partial charge in [-0.2, -0.15) is 0 Å². The van der Waals surface area contributed by atoms with Gasteiger partial charge in [-0.25, -0.2) is 8.42 Å². The Balaban J connectivity index is 3.18. The standard InChI is InChI=1S/C10H9Br2ClO3S/c1-2-17(15,16)10(12,13)9(14)7-3-5-8(11)6-4-7/h3-6H,2H2,1H3. The molecule has 3 nitrogen and oxygen atoms in total. The van der Waals surface area contributed by atoms with Crippen LogP contribution in [0.5, 0.6) is 0 Å². The number of hydrogen-bond donors (Lipinski definition) is 0. The molecule has 0 saturated carbocycles. The highest BCUT2D eigenvalue weighted by molar-refractivity contribution is 9.12. The number of benzene rings is 1. The molecule has 0 amide bonds. The fourth-order valence-corrected chi connectivity index (χ4v) is 3.47. The average molecular weight is 405 g/mol. The van der Waals surface area contributed by atoms with Crippen LogP contribution < -0.4 is 0 Å². The third-order valence-electron chi connectivity index (χ3n) is 2.14. The number of ketones is 1. The van der Waals surface area contributed by atoms with E-state index in [0.29, 0.717) is 0 Å². The first-order valence-corrected chi connectivity index (χ1v) is 8.24. The quantitative estimate of drug-likeness (QED) is 0.571. The van der Waals surface area contributed by atoms with Gasteiger partial charge < -0.3 is 0 Å². The van der Waals surface area contributed by atoms with Gasteiger partial charge in [0.15, 0.2) is 9.84 Å². The van der Waals surface area contributed by atoms with Gasteiger partial charge in [0.1, 0.15) is 0 Å². The Hall–Kier alpha value is 0.0900. The molecular formula is C10H9Br2ClO3S. The van der Waals surface area contributed by atoms with E-state index in [-0.39, 0.29) is 11.3 Å². The molecule has 0 radical (unpaired) electrons. The lowest BCUT2D eigenvalue weighted by molar-refractivity contribution is 0.1000. The van der Waals surface area contributed by atoms with Gasteiger partial charge in [-0.1, -0.05) is 46.6 Å².